The molecule has 0 aliphatic rings. The monoisotopic (exact) mass is 497 g/mol. The van der Waals surface area contributed by atoms with Gasteiger partial charge in [0.05, 0.1) is 38.1 Å². The molecule has 2 aromatic carbocycles. The molecule has 1 aromatic heterocycles. The summed E-state index contributed by atoms with van der Waals surface area (Å²) in [4.78, 5) is 25.1. The van der Waals surface area contributed by atoms with Crippen LogP contribution in [0.15, 0.2) is 47.6 Å². The van der Waals surface area contributed by atoms with E-state index in [2.05, 4.69) is 20.8 Å². The zero-order valence-corrected chi connectivity index (χ0v) is 21.4. The summed E-state index contributed by atoms with van der Waals surface area (Å²) in [6.45, 7) is 6.40. The molecule has 35 heavy (non-hydrogen) atoms. The zero-order valence-electron chi connectivity index (χ0n) is 20.6. The smallest absolute Gasteiger partial charge is 0.234 e. The molecule has 0 bridgehead atoms. The second-order valence-electron chi connectivity index (χ2n) is 7.94. The standard InChI is InChI=1S/C25H31N5O4S/c1-6-30-24(17(3)26-22(31)14-18-8-10-19(33-4)11-9-18)28-29-25(30)35-15-23(32)27-20-13-16(2)7-12-21(20)34-5/h7-13,17H,6,14-15H2,1-5H3,(H,26,31)(H,27,32)/t17-/m1/s1. The van der Waals surface area contributed by atoms with Gasteiger partial charge in [-0.15, -0.1) is 10.2 Å². The number of anilines is 1. The van der Waals surface area contributed by atoms with Crippen LogP contribution < -0.4 is 20.1 Å². The molecule has 0 saturated heterocycles. The van der Waals surface area contributed by atoms with Crippen LogP contribution in [-0.4, -0.2) is 46.6 Å². The summed E-state index contributed by atoms with van der Waals surface area (Å²) < 4.78 is 12.4. The van der Waals surface area contributed by atoms with Crippen molar-refractivity contribution in [2.45, 2.75) is 44.9 Å². The largest absolute Gasteiger partial charge is 0.497 e. The minimum absolute atomic E-state index is 0.117. The average molecular weight is 498 g/mol. The summed E-state index contributed by atoms with van der Waals surface area (Å²) in [5.41, 5.74) is 2.54. The van der Waals surface area contributed by atoms with Gasteiger partial charge in [-0.2, -0.15) is 0 Å². The van der Waals surface area contributed by atoms with E-state index in [1.54, 1.807) is 14.2 Å². The SMILES string of the molecule is CCn1c(SCC(=O)Nc2cc(C)ccc2OC)nnc1[C@@H](C)NC(=O)Cc1ccc(OC)cc1. The van der Waals surface area contributed by atoms with Crippen molar-refractivity contribution in [3.8, 4) is 11.5 Å². The lowest BCUT2D eigenvalue weighted by atomic mass is 10.1. The van der Waals surface area contributed by atoms with Gasteiger partial charge in [-0.1, -0.05) is 30.0 Å². The van der Waals surface area contributed by atoms with Gasteiger partial charge in [0.2, 0.25) is 11.8 Å². The maximum absolute atomic E-state index is 12.6. The predicted octanol–water partition coefficient (Wildman–Crippen LogP) is 3.77. The number of amides is 2. The summed E-state index contributed by atoms with van der Waals surface area (Å²) in [6, 6.07) is 12.7. The molecule has 10 heteroatoms. The van der Waals surface area contributed by atoms with E-state index >= 15 is 0 Å². The highest BCUT2D eigenvalue weighted by atomic mass is 32.2. The van der Waals surface area contributed by atoms with Crippen LogP contribution in [0.3, 0.4) is 0 Å². The molecule has 1 heterocycles. The molecular weight excluding hydrogens is 466 g/mol. The van der Waals surface area contributed by atoms with Crippen molar-refractivity contribution in [2.75, 3.05) is 25.3 Å². The maximum Gasteiger partial charge on any atom is 0.234 e. The molecule has 0 saturated carbocycles. The third-order valence-electron chi connectivity index (χ3n) is 5.31. The van der Waals surface area contributed by atoms with Crippen molar-refractivity contribution in [3.05, 3.63) is 59.4 Å². The van der Waals surface area contributed by atoms with Crippen LogP contribution in [0.2, 0.25) is 0 Å². The molecule has 1 atom stereocenters. The molecule has 0 fully saturated rings. The first-order valence-corrected chi connectivity index (χ1v) is 12.3. The number of aromatic nitrogens is 3. The molecule has 0 spiro atoms. The van der Waals surface area contributed by atoms with Crippen molar-refractivity contribution >= 4 is 29.3 Å². The summed E-state index contributed by atoms with van der Waals surface area (Å²) in [5.74, 6) is 1.86. The molecule has 3 rings (SSSR count). The molecule has 0 unspecified atom stereocenters. The van der Waals surface area contributed by atoms with E-state index in [1.807, 2.05) is 67.8 Å². The highest BCUT2D eigenvalue weighted by molar-refractivity contribution is 7.99. The topological polar surface area (TPSA) is 107 Å². The van der Waals surface area contributed by atoms with Crippen LogP contribution in [0.1, 0.15) is 36.8 Å². The third kappa shape index (κ3) is 6.98. The molecule has 3 aromatic rings. The summed E-state index contributed by atoms with van der Waals surface area (Å²) in [7, 11) is 3.17. The van der Waals surface area contributed by atoms with Gasteiger partial charge in [-0.05, 0) is 56.2 Å². The van der Waals surface area contributed by atoms with Crippen molar-refractivity contribution in [1.29, 1.82) is 0 Å². The number of carbonyl (C=O) groups is 2. The van der Waals surface area contributed by atoms with E-state index in [0.717, 1.165) is 16.9 Å². The molecule has 0 aliphatic heterocycles. The number of hydrogen-bond donors (Lipinski definition) is 2. The summed E-state index contributed by atoms with van der Waals surface area (Å²) in [5, 5.41) is 15.0. The lowest BCUT2D eigenvalue weighted by Crippen LogP contribution is -2.30. The van der Waals surface area contributed by atoms with Gasteiger partial charge in [-0.25, -0.2) is 0 Å². The summed E-state index contributed by atoms with van der Waals surface area (Å²) in [6.07, 6.45) is 0.249. The van der Waals surface area contributed by atoms with Gasteiger partial charge in [0, 0.05) is 6.54 Å². The van der Waals surface area contributed by atoms with Crippen LogP contribution >= 0.6 is 11.8 Å². The molecule has 0 radical (unpaired) electrons. The Morgan fingerprint density at radius 3 is 2.46 bits per heavy atom. The minimum atomic E-state index is -0.340. The number of thioether (sulfide) groups is 1. The van der Waals surface area contributed by atoms with E-state index in [1.165, 1.54) is 11.8 Å². The van der Waals surface area contributed by atoms with Gasteiger partial charge < -0.3 is 24.7 Å². The lowest BCUT2D eigenvalue weighted by molar-refractivity contribution is -0.121. The number of carbonyl (C=O) groups excluding carboxylic acids is 2. The fraction of sp³-hybridized carbons (Fsp3) is 0.360. The first kappa shape index (κ1) is 26.1. The first-order valence-electron chi connectivity index (χ1n) is 11.3. The Hall–Kier alpha value is -3.53. The molecule has 2 amide bonds. The van der Waals surface area contributed by atoms with Crippen LogP contribution in [-0.2, 0) is 22.6 Å². The number of benzene rings is 2. The highest BCUT2D eigenvalue weighted by Crippen LogP contribution is 2.26. The van der Waals surface area contributed by atoms with Crippen molar-refractivity contribution in [3.63, 3.8) is 0 Å². The van der Waals surface area contributed by atoms with Gasteiger partial charge >= 0.3 is 0 Å². The van der Waals surface area contributed by atoms with Crippen molar-refractivity contribution < 1.29 is 19.1 Å². The third-order valence-corrected chi connectivity index (χ3v) is 6.28. The molecule has 186 valence electrons. The quantitative estimate of drug-likeness (QED) is 0.388. The van der Waals surface area contributed by atoms with Crippen LogP contribution in [0, 0.1) is 6.92 Å². The number of rotatable bonds is 11. The Bertz CT molecular complexity index is 1160. The number of hydrogen-bond acceptors (Lipinski definition) is 7. The van der Waals surface area contributed by atoms with Gasteiger partial charge in [0.15, 0.2) is 11.0 Å². The van der Waals surface area contributed by atoms with Gasteiger partial charge in [0.25, 0.3) is 0 Å². The Labute approximate surface area is 209 Å². The molecule has 2 N–H and O–H groups in total. The van der Waals surface area contributed by atoms with Crippen LogP contribution in [0.5, 0.6) is 11.5 Å². The van der Waals surface area contributed by atoms with E-state index in [9.17, 15) is 9.59 Å². The fourth-order valence-electron chi connectivity index (χ4n) is 3.55. The molecule has 0 aliphatic carbocycles. The second-order valence-corrected chi connectivity index (χ2v) is 8.88. The second kappa shape index (κ2) is 12.3. The van der Waals surface area contributed by atoms with Crippen LogP contribution in [0.4, 0.5) is 5.69 Å². The van der Waals surface area contributed by atoms with E-state index in [0.29, 0.717) is 29.0 Å². The van der Waals surface area contributed by atoms with E-state index < -0.39 is 0 Å². The molecule has 9 nitrogen and oxygen atoms in total. The van der Waals surface area contributed by atoms with Gasteiger partial charge in [-0.3, -0.25) is 9.59 Å². The fourth-order valence-corrected chi connectivity index (χ4v) is 4.36. The van der Waals surface area contributed by atoms with Gasteiger partial charge in [0.1, 0.15) is 11.5 Å². The Kier molecular flexibility index (Phi) is 9.13. The Morgan fingerprint density at radius 1 is 1.06 bits per heavy atom. The Balaban J connectivity index is 1.59. The summed E-state index contributed by atoms with van der Waals surface area (Å²) >= 11 is 1.29. The number of nitrogens with zero attached hydrogens (tertiary/aromatic N) is 3. The number of ether oxygens (including phenoxy) is 2. The highest BCUT2D eigenvalue weighted by Gasteiger charge is 2.20. The van der Waals surface area contributed by atoms with E-state index in [4.69, 9.17) is 9.47 Å². The predicted molar refractivity (Wildman–Crippen MR) is 136 cm³/mol. The Morgan fingerprint density at radius 2 is 1.80 bits per heavy atom. The number of methoxy groups -OCH3 is 2. The minimum Gasteiger partial charge on any atom is -0.497 e. The molecular formula is C25H31N5O4S. The van der Waals surface area contributed by atoms with E-state index in [-0.39, 0.29) is 30.0 Å². The normalized spacial score (nSPS) is 11.6. The maximum atomic E-state index is 12.6. The first-order chi connectivity index (χ1) is 16.8. The number of aryl methyl sites for hydroxylation is 1. The lowest BCUT2D eigenvalue weighted by Gasteiger charge is -2.15. The number of nitrogens with one attached hydrogen (secondary N) is 2. The zero-order chi connectivity index (χ0) is 25.4. The van der Waals surface area contributed by atoms with Crippen molar-refractivity contribution in [2.24, 2.45) is 0 Å². The van der Waals surface area contributed by atoms with Crippen molar-refractivity contribution in [1.82, 2.24) is 20.1 Å². The van der Waals surface area contributed by atoms with Crippen LogP contribution in [0.25, 0.3) is 0 Å². The average Bonchev–Trinajstić information content (AvgIpc) is 3.26.